The van der Waals surface area contributed by atoms with Crippen molar-refractivity contribution in [3.63, 3.8) is 0 Å². The van der Waals surface area contributed by atoms with Crippen LogP contribution in [0.3, 0.4) is 0 Å². The van der Waals surface area contributed by atoms with E-state index in [9.17, 15) is 9.59 Å². The number of ether oxygens (including phenoxy) is 1. The van der Waals surface area contributed by atoms with E-state index in [1.165, 1.54) is 18.9 Å². The maximum Gasteiger partial charge on any atom is 0.272 e. The summed E-state index contributed by atoms with van der Waals surface area (Å²) in [5.41, 5.74) is 1.93. The van der Waals surface area contributed by atoms with Gasteiger partial charge >= 0.3 is 0 Å². The van der Waals surface area contributed by atoms with Gasteiger partial charge in [0.15, 0.2) is 5.16 Å². The summed E-state index contributed by atoms with van der Waals surface area (Å²) in [4.78, 5) is 31.3. The molecule has 2 heterocycles. The first-order chi connectivity index (χ1) is 15.0. The Morgan fingerprint density at radius 3 is 2.84 bits per heavy atom. The van der Waals surface area contributed by atoms with Crippen LogP contribution >= 0.6 is 35.1 Å². The molecule has 31 heavy (non-hydrogen) atoms. The number of aromatic nitrogens is 2. The molecular formula is C22H20ClN3O3S2. The maximum absolute atomic E-state index is 13.2. The third-order valence-corrected chi connectivity index (χ3v) is 7.05. The molecule has 4 rings (SSSR count). The van der Waals surface area contributed by atoms with Crippen LogP contribution in [0.4, 0.5) is 5.69 Å². The molecule has 0 fully saturated rings. The Hall–Kier alpha value is -2.42. The minimum atomic E-state index is -0.248. The molecule has 9 heteroatoms. The Balaban J connectivity index is 1.61. The number of para-hydroxylation sites is 1. The number of methoxy groups -OCH3 is 1. The highest BCUT2D eigenvalue weighted by atomic mass is 35.5. The molecule has 1 aromatic heterocycles. The number of nitrogens with one attached hydrogen (secondary N) is 1. The highest BCUT2D eigenvalue weighted by Crippen LogP contribution is 2.35. The molecule has 1 amide bonds. The number of hydrogen-bond donors (Lipinski definition) is 1. The number of rotatable bonds is 6. The minimum Gasteiger partial charge on any atom is -0.495 e. The maximum atomic E-state index is 13.2. The van der Waals surface area contributed by atoms with Crippen molar-refractivity contribution >= 4 is 46.7 Å². The van der Waals surface area contributed by atoms with Gasteiger partial charge < -0.3 is 10.1 Å². The Morgan fingerprint density at radius 1 is 1.32 bits per heavy atom. The predicted molar refractivity (Wildman–Crippen MR) is 126 cm³/mol. The lowest BCUT2D eigenvalue weighted by Gasteiger charge is -2.14. The van der Waals surface area contributed by atoms with E-state index < -0.39 is 0 Å². The standard InChI is InChI=1S/C22H20ClN3O3S2/c1-13-10-17-20(31-13)21(28)26(15-6-4-3-5-7-15)22(25-17)30-12-19(27)24-16-11-14(23)8-9-18(16)29-2/h3-9,11,13H,10,12H2,1-2H3,(H,24,27)/t13-/m1/s1. The van der Waals surface area contributed by atoms with E-state index in [1.54, 1.807) is 34.5 Å². The second kappa shape index (κ2) is 9.38. The van der Waals surface area contributed by atoms with Crippen molar-refractivity contribution in [3.8, 4) is 11.4 Å². The van der Waals surface area contributed by atoms with E-state index in [0.29, 0.717) is 31.8 Å². The van der Waals surface area contributed by atoms with Crippen molar-refractivity contribution < 1.29 is 9.53 Å². The van der Waals surface area contributed by atoms with Crippen LogP contribution in [0.1, 0.15) is 12.6 Å². The first-order valence-corrected chi connectivity index (χ1v) is 11.8. The molecule has 1 N–H and O–H groups in total. The lowest BCUT2D eigenvalue weighted by atomic mass is 10.2. The van der Waals surface area contributed by atoms with Crippen LogP contribution in [0, 0.1) is 0 Å². The second-order valence-corrected chi connectivity index (χ2v) is 9.79. The molecular weight excluding hydrogens is 454 g/mol. The summed E-state index contributed by atoms with van der Waals surface area (Å²) in [5.74, 6) is 0.351. The van der Waals surface area contributed by atoms with E-state index in [2.05, 4.69) is 12.2 Å². The van der Waals surface area contributed by atoms with Gasteiger partial charge in [-0.15, -0.1) is 11.8 Å². The van der Waals surface area contributed by atoms with Crippen molar-refractivity contribution in [2.45, 2.75) is 28.6 Å². The van der Waals surface area contributed by atoms with Crippen LogP contribution in [-0.2, 0) is 11.2 Å². The molecule has 1 atom stereocenters. The summed E-state index contributed by atoms with van der Waals surface area (Å²) in [5, 5.41) is 4.11. The van der Waals surface area contributed by atoms with E-state index in [0.717, 1.165) is 17.8 Å². The van der Waals surface area contributed by atoms with Gasteiger partial charge in [0, 0.05) is 16.7 Å². The fourth-order valence-corrected chi connectivity index (χ4v) is 5.39. The first-order valence-electron chi connectivity index (χ1n) is 9.60. The normalized spacial score (nSPS) is 14.9. The van der Waals surface area contributed by atoms with Gasteiger partial charge in [-0.3, -0.25) is 14.2 Å². The van der Waals surface area contributed by atoms with Crippen molar-refractivity contribution in [3.05, 3.63) is 69.6 Å². The zero-order valence-corrected chi connectivity index (χ0v) is 19.3. The second-order valence-electron chi connectivity index (χ2n) is 6.96. The minimum absolute atomic E-state index is 0.0798. The number of nitrogens with zero attached hydrogens (tertiary/aromatic N) is 2. The average molecular weight is 474 g/mol. The predicted octanol–water partition coefficient (Wildman–Crippen LogP) is 4.66. The van der Waals surface area contributed by atoms with Crippen LogP contribution in [0.2, 0.25) is 5.02 Å². The van der Waals surface area contributed by atoms with Gasteiger partial charge in [0.05, 0.1) is 34.8 Å². The molecule has 1 aliphatic heterocycles. The molecule has 0 unspecified atom stereocenters. The number of benzene rings is 2. The Kier molecular flexibility index (Phi) is 6.60. The fraction of sp³-hybridized carbons (Fsp3) is 0.227. The molecule has 160 valence electrons. The fourth-order valence-electron chi connectivity index (χ4n) is 3.30. The number of carbonyl (C=O) groups is 1. The van der Waals surface area contributed by atoms with Crippen molar-refractivity contribution in [2.24, 2.45) is 0 Å². The van der Waals surface area contributed by atoms with Crippen LogP contribution in [0.25, 0.3) is 5.69 Å². The quantitative estimate of drug-likeness (QED) is 0.414. The number of hydrogen-bond acceptors (Lipinski definition) is 6. The highest BCUT2D eigenvalue weighted by molar-refractivity contribution is 8.00. The lowest BCUT2D eigenvalue weighted by molar-refractivity contribution is -0.113. The average Bonchev–Trinajstić information content (AvgIpc) is 3.14. The third kappa shape index (κ3) is 4.76. The SMILES string of the molecule is COc1ccc(Cl)cc1NC(=O)CSc1nc2c(c(=O)n1-c1ccccc1)S[C@H](C)C2. The zero-order chi connectivity index (χ0) is 22.0. The monoisotopic (exact) mass is 473 g/mol. The van der Waals surface area contributed by atoms with Crippen LogP contribution in [-0.4, -0.2) is 33.6 Å². The number of fused-ring (bicyclic) bond motifs is 1. The van der Waals surface area contributed by atoms with Crippen molar-refractivity contribution in [2.75, 3.05) is 18.2 Å². The summed E-state index contributed by atoms with van der Waals surface area (Å²) < 4.78 is 6.86. The number of thioether (sulfide) groups is 2. The molecule has 1 aliphatic rings. The van der Waals surface area contributed by atoms with Crippen LogP contribution < -0.4 is 15.6 Å². The molecule has 2 aromatic carbocycles. The van der Waals surface area contributed by atoms with Gasteiger partial charge in [-0.2, -0.15) is 0 Å². The van der Waals surface area contributed by atoms with E-state index in [1.807, 2.05) is 30.3 Å². The van der Waals surface area contributed by atoms with Crippen molar-refractivity contribution in [1.82, 2.24) is 9.55 Å². The number of anilines is 1. The van der Waals surface area contributed by atoms with E-state index in [-0.39, 0.29) is 17.2 Å². The lowest BCUT2D eigenvalue weighted by Crippen LogP contribution is -2.24. The largest absolute Gasteiger partial charge is 0.495 e. The van der Waals surface area contributed by atoms with Gasteiger partial charge in [0.1, 0.15) is 5.75 Å². The Bertz CT molecular complexity index is 1180. The van der Waals surface area contributed by atoms with Gasteiger partial charge in [-0.05, 0) is 30.3 Å². The van der Waals surface area contributed by atoms with Crippen LogP contribution in [0.15, 0.2) is 63.4 Å². The molecule has 0 saturated heterocycles. The van der Waals surface area contributed by atoms with E-state index >= 15 is 0 Å². The number of halogens is 1. The molecule has 0 radical (unpaired) electrons. The number of carbonyl (C=O) groups excluding carboxylic acids is 1. The molecule has 0 bridgehead atoms. The van der Waals surface area contributed by atoms with Gasteiger partial charge in [-0.25, -0.2) is 4.98 Å². The third-order valence-electron chi connectivity index (χ3n) is 4.66. The summed E-state index contributed by atoms with van der Waals surface area (Å²) >= 11 is 8.82. The molecule has 0 saturated carbocycles. The zero-order valence-electron chi connectivity index (χ0n) is 16.9. The molecule has 0 aliphatic carbocycles. The van der Waals surface area contributed by atoms with Crippen molar-refractivity contribution in [1.29, 1.82) is 0 Å². The summed E-state index contributed by atoms with van der Waals surface area (Å²) in [6.07, 6.45) is 0.740. The van der Waals surface area contributed by atoms with Gasteiger partial charge in [0.2, 0.25) is 5.91 Å². The van der Waals surface area contributed by atoms with Gasteiger partial charge in [-0.1, -0.05) is 48.5 Å². The summed E-state index contributed by atoms with van der Waals surface area (Å²) in [6.45, 7) is 2.08. The first kappa shape index (κ1) is 21.8. The molecule has 6 nitrogen and oxygen atoms in total. The Labute approximate surface area is 193 Å². The topological polar surface area (TPSA) is 73.2 Å². The van der Waals surface area contributed by atoms with Crippen LogP contribution in [0.5, 0.6) is 5.75 Å². The van der Waals surface area contributed by atoms with E-state index in [4.69, 9.17) is 21.3 Å². The smallest absolute Gasteiger partial charge is 0.272 e. The number of amides is 1. The van der Waals surface area contributed by atoms with Gasteiger partial charge in [0.25, 0.3) is 5.56 Å². The summed E-state index contributed by atoms with van der Waals surface area (Å²) in [6, 6.07) is 14.4. The summed E-state index contributed by atoms with van der Waals surface area (Å²) in [7, 11) is 1.53. The Morgan fingerprint density at radius 2 is 2.10 bits per heavy atom. The molecule has 0 spiro atoms. The highest BCUT2D eigenvalue weighted by Gasteiger charge is 2.27. The molecule has 3 aromatic rings.